The Morgan fingerprint density at radius 1 is 0.573 bits per heavy atom. The topological polar surface area (TPSA) is 498 Å². The summed E-state index contributed by atoms with van der Waals surface area (Å²) in [5.74, 6) is -14.1. The lowest BCUT2D eigenvalue weighted by Gasteiger charge is -2.31. The number of aliphatic carboxylic acids is 1. The molecule has 0 aliphatic carbocycles. The molecule has 0 unspecified atom stereocenters. The lowest BCUT2D eigenvalue weighted by atomic mass is 9.94. The molecule has 1 aromatic rings. The highest BCUT2D eigenvalue weighted by molar-refractivity contribution is 5.99. The molecular weight excluding hydrogens is 1160 g/mol. The molecule has 31 nitrogen and oxygen atoms in total. The summed E-state index contributed by atoms with van der Waals surface area (Å²) in [5, 5.41) is 58.8. The number of amides is 10. The second-order valence-corrected chi connectivity index (χ2v) is 22.7. The zero-order valence-corrected chi connectivity index (χ0v) is 52.8. The van der Waals surface area contributed by atoms with E-state index < -0.39 is 193 Å². The first-order valence-electron chi connectivity index (χ1n) is 30.1. The third-order valence-electron chi connectivity index (χ3n) is 15.9. The number of ether oxygens (including phenoxy) is 1. The van der Waals surface area contributed by atoms with E-state index in [1.54, 1.807) is 62.4 Å². The molecule has 2 rings (SSSR count). The first-order chi connectivity index (χ1) is 41.9. The number of aliphatic hydroxyl groups excluding tert-OH is 2. The average Bonchev–Trinajstić information content (AvgIpc) is 4.02. The van der Waals surface area contributed by atoms with Gasteiger partial charge in [0.05, 0.1) is 31.8 Å². The summed E-state index contributed by atoms with van der Waals surface area (Å²) in [7, 11) is 1.59. The molecule has 0 saturated heterocycles. The molecule has 89 heavy (non-hydrogen) atoms. The van der Waals surface area contributed by atoms with E-state index in [-0.39, 0.29) is 37.7 Å². The highest BCUT2D eigenvalue weighted by Gasteiger charge is 2.40. The van der Waals surface area contributed by atoms with Crippen LogP contribution < -0.4 is 75.7 Å². The number of benzene rings is 1. The lowest BCUT2D eigenvalue weighted by molar-refractivity contribution is -0.155. The maximum absolute atomic E-state index is 14.4. The van der Waals surface area contributed by atoms with Crippen molar-refractivity contribution in [3.63, 3.8) is 0 Å². The Morgan fingerprint density at radius 2 is 0.989 bits per heavy atom. The number of likely N-dealkylation sites (N-methyl/N-ethyl adjacent to an activating group) is 1. The molecule has 0 fully saturated rings. The van der Waals surface area contributed by atoms with Crippen LogP contribution in [0.25, 0.3) is 0 Å². The van der Waals surface area contributed by atoms with Crippen molar-refractivity contribution in [3.05, 3.63) is 35.9 Å². The van der Waals surface area contributed by atoms with Crippen molar-refractivity contribution in [1.82, 2.24) is 58.5 Å². The van der Waals surface area contributed by atoms with Gasteiger partial charge in [0, 0.05) is 12.8 Å². The van der Waals surface area contributed by atoms with Crippen LogP contribution in [0, 0.1) is 23.7 Å². The number of nitrogens with two attached hydrogens (primary N) is 3. The van der Waals surface area contributed by atoms with E-state index in [0.717, 1.165) is 5.56 Å². The number of hydrogen-bond donors (Lipinski definition) is 17. The quantitative estimate of drug-likeness (QED) is 0.0276. The Labute approximate surface area is 519 Å². The van der Waals surface area contributed by atoms with Gasteiger partial charge in [0.2, 0.25) is 59.1 Å². The van der Waals surface area contributed by atoms with Gasteiger partial charge in [-0.2, -0.15) is 0 Å². The van der Waals surface area contributed by atoms with Gasteiger partial charge in [-0.1, -0.05) is 111 Å². The molecule has 0 spiro atoms. The normalized spacial score (nSPS) is 18.2. The van der Waals surface area contributed by atoms with Gasteiger partial charge in [-0.25, -0.2) is 4.79 Å². The van der Waals surface area contributed by atoms with E-state index in [1.807, 2.05) is 30.3 Å². The summed E-state index contributed by atoms with van der Waals surface area (Å²) in [6, 6.07) is -7.37. The Bertz CT molecular complexity index is 2600. The summed E-state index contributed by atoms with van der Waals surface area (Å²) < 4.78 is 5.53. The van der Waals surface area contributed by atoms with Crippen LogP contribution in [-0.4, -0.2) is 198 Å². The largest absolute Gasteiger partial charge is 0.480 e. The van der Waals surface area contributed by atoms with Gasteiger partial charge in [-0.05, 0) is 63.0 Å². The molecule has 0 radical (unpaired) electrons. The van der Waals surface area contributed by atoms with Crippen LogP contribution in [0.3, 0.4) is 0 Å². The van der Waals surface area contributed by atoms with Crippen LogP contribution in [0.15, 0.2) is 35.3 Å². The third kappa shape index (κ3) is 24.8. The van der Waals surface area contributed by atoms with Crippen LogP contribution in [0.2, 0.25) is 0 Å². The third-order valence-corrected chi connectivity index (χ3v) is 15.9. The SMILES string of the molecule is CC[C@H](C)[C@H](N)C(=O)O[C@@H](C)[C@@H](NC(=O)[C@H](CO)NC(=O)[C@@H](NC(=O)[C@H](NC(=O)[C@@H](CCC(N)=O)NC(=O)[C@H](CO)NC(=O)[C@@H](NC(=O)[C@@H](Cc1ccccc1)NC)[C@@H](C)CC)[C@@H](C)CC)[C@@H](C)CC)C(=O)N[C@@H](C)C(=O)N[C@@H](C[C@H]1CN=C(N)N1)C(=O)O. The molecule has 31 heteroatoms. The first kappa shape index (κ1) is 77.1. The van der Waals surface area contributed by atoms with Gasteiger partial charge in [-0.15, -0.1) is 0 Å². The Balaban J connectivity index is 2.39. The number of carbonyl (C=O) groups is 12. The van der Waals surface area contributed by atoms with Crippen LogP contribution in [-0.2, 0) is 68.7 Å². The Morgan fingerprint density at radius 3 is 1.43 bits per heavy atom. The highest BCUT2D eigenvalue weighted by atomic mass is 16.5. The smallest absolute Gasteiger partial charge is 0.326 e. The number of primary amides is 1. The molecule has 0 bridgehead atoms. The number of carboxylic acid groups (broad SMARTS) is 1. The van der Waals surface area contributed by atoms with Gasteiger partial charge in [0.15, 0.2) is 5.96 Å². The fourth-order valence-electron chi connectivity index (χ4n) is 9.05. The van der Waals surface area contributed by atoms with Gasteiger partial charge in [0.1, 0.15) is 66.5 Å². The van der Waals surface area contributed by atoms with Gasteiger partial charge < -0.3 is 95.7 Å². The van der Waals surface area contributed by atoms with E-state index >= 15 is 0 Å². The van der Waals surface area contributed by atoms with Crippen LogP contribution in [0.4, 0.5) is 0 Å². The summed E-state index contributed by atoms with van der Waals surface area (Å²) >= 11 is 0. The van der Waals surface area contributed by atoms with Gasteiger partial charge >= 0.3 is 11.9 Å². The number of aliphatic hydroxyl groups is 2. The number of guanidine groups is 1. The predicted molar refractivity (Wildman–Crippen MR) is 326 cm³/mol. The number of rotatable bonds is 40. The van der Waals surface area contributed by atoms with Crippen molar-refractivity contribution in [2.24, 2.45) is 45.9 Å². The fraction of sp³-hybridized carbons (Fsp3) is 0.672. The molecule has 20 N–H and O–H groups in total. The van der Waals surface area contributed by atoms with E-state index in [2.05, 4.69) is 63.5 Å². The number of carboxylic acids is 1. The number of hydrogen-bond acceptors (Lipinski definition) is 20. The minimum Gasteiger partial charge on any atom is -0.480 e. The second kappa shape index (κ2) is 38.4. The van der Waals surface area contributed by atoms with Crippen LogP contribution >= 0.6 is 0 Å². The average molecular weight is 1260 g/mol. The molecule has 1 heterocycles. The van der Waals surface area contributed by atoms with Crippen LogP contribution in [0.5, 0.6) is 0 Å². The molecule has 1 aromatic carbocycles. The number of nitrogens with one attached hydrogen (secondary N) is 11. The minimum atomic E-state index is -1.87. The number of nitrogens with zero attached hydrogens (tertiary/aromatic N) is 1. The molecular formula is C58H97N15O16. The molecule has 17 atom stereocenters. The second-order valence-electron chi connectivity index (χ2n) is 22.7. The van der Waals surface area contributed by atoms with Crippen molar-refractivity contribution >= 4 is 77.0 Å². The lowest BCUT2D eigenvalue weighted by Crippen LogP contribution is -2.63. The molecule has 0 aromatic heterocycles. The maximum atomic E-state index is 14.4. The standard InChI is InChI=1S/C58H97N15O16/c1-12-28(5)42(60)57(88)89-33(10)46(55(85)64-32(9)47(77)67-38(56(86)87)24-35-25-63-58(61)65-35)73-51(81)40(27-75)69-53(83)44(30(7)14-3)72-54(84)45(31(8)15-4)70-48(78)36(21-22-41(59)76)66-50(80)39(26-74)68-52(82)43(29(6)13-2)71-49(79)37(62-11)23-34-19-17-16-18-20-34/h16-20,28-33,35-40,42-46,62,74-75H,12-15,21-27,60H2,1-11H3,(H2,59,76)(H,64,85)(H,66,80)(H,67,77)(H,68,82)(H,69,83)(H,70,78)(H,71,79)(H,72,84)(H,73,81)(H,86,87)(H3,61,63,65)/t28-,29-,30-,31-,32-,33-,35-,36+,37+,38-,39-,40-,42-,43-,44-,45+,46+/m0/s1. The van der Waals surface area contributed by atoms with E-state index in [0.29, 0.717) is 19.3 Å². The number of aliphatic imine (C=N–C) groups is 1. The molecule has 1 aliphatic rings. The van der Waals surface area contributed by atoms with E-state index in [1.165, 1.54) is 13.8 Å². The van der Waals surface area contributed by atoms with Crippen molar-refractivity contribution < 1.29 is 77.6 Å². The first-order valence-corrected chi connectivity index (χ1v) is 30.1. The minimum absolute atomic E-state index is 0.0898. The van der Waals surface area contributed by atoms with E-state index in [4.69, 9.17) is 21.9 Å². The highest BCUT2D eigenvalue weighted by Crippen LogP contribution is 2.16. The van der Waals surface area contributed by atoms with Crippen LogP contribution in [0.1, 0.15) is 120 Å². The Hall–Kier alpha value is -8.03. The molecule has 0 saturated carbocycles. The van der Waals surface area contributed by atoms with Crippen molar-refractivity contribution in [3.8, 4) is 0 Å². The summed E-state index contributed by atoms with van der Waals surface area (Å²) in [6.45, 7) is 14.0. The maximum Gasteiger partial charge on any atom is 0.326 e. The van der Waals surface area contributed by atoms with Gasteiger partial charge in [-0.3, -0.25) is 57.7 Å². The van der Waals surface area contributed by atoms with Crippen molar-refractivity contribution in [1.29, 1.82) is 0 Å². The molecule has 10 amide bonds. The van der Waals surface area contributed by atoms with Crippen molar-refractivity contribution in [2.75, 3.05) is 26.8 Å². The zero-order valence-electron chi connectivity index (χ0n) is 52.8. The number of carbonyl (C=O) groups excluding carboxylic acids is 11. The molecule has 500 valence electrons. The zero-order chi connectivity index (χ0) is 67.4. The monoisotopic (exact) mass is 1260 g/mol. The van der Waals surface area contributed by atoms with Gasteiger partial charge in [0.25, 0.3) is 0 Å². The fourth-order valence-corrected chi connectivity index (χ4v) is 9.05. The molecule has 1 aliphatic heterocycles. The predicted octanol–water partition coefficient (Wildman–Crippen LogP) is -4.35. The van der Waals surface area contributed by atoms with Crippen molar-refractivity contribution in [2.45, 2.75) is 199 Å². The summed E-state index contributed by atoms with van der Waals surface area (Å²) in [5.41, 5.74) is 18.0. The summed E-state index contributed by atoms with van der Waals surface area (Å²) in [6.07, 6.45) is -0.901. The number of esters is 1. The summed E-state index contributed by atoms with van der Waals surface area (Å²) in [4.78, 5) is 167. The van der Waals surface area contributed by atoms with E-state index in [9.17, 15) is 72.9 Å². The Kier molecular flexibility index (Phi) is 33.2.